The number of hydrogen-bond donors (Lipinski definition) is 1. The van der Waals surface area contributed by atoms with Crippen molar-refractivity contribution in [1.29, 1.82) is 0 Å². The topological polar surface area (TPSA) is 83.6 Å². The summed E-state index contributed by atoms with van der Waals surface area (Å²) in [5, 5.41) is 3.11. The zero-order chi connectivity index (χ0) is 15.8. The van der Waals surface area contributed by atoms with Crippen molar-refractivity contribution >= 4 is 31.5 Å². The van der Waals surface area contributed by atoms with Crippen molar-refractivity contribution in [2.75, 3.05) is 26.4 Å². The van der Waals surface area contributed by atoms with Crippen LogP contribution in [0.1, 0.15) is 6.42 Å². The summed E-state index contributed by atoms with van der Waals surface area (Å²) in [4.78, 5) is -0.245. The summed E-state index contributed by atoms with van der Waals surface area (Å²) < 4.78 is 49.7. The highest BCUT2D eigenvalue weighted by molar-refractivity contribution is 7.91. The molecule has 1 saturated heterocycles. The van der Waals surface area contributed by atoms with E-state index in [0.717, 1.165) is 18.9 Å². The monoisotopic (exact) mass is 352 g/mol. The van der Waals surface area contributed by atoms with E-state index in [1.807, 2.05) is 0 Å². The van der Waals surface area contributed by atoms with Crippen LogP contribution in [0.4, 0.5) is 0 Å². The fraction of sp³-hybridized carbons (Fsp3) is 0.500. The lowest BCUT2D eigenvalue weighted by molar-refractivity contribution is 0.387. The molecule has 1 fully saturated rings. The van der Waals surface area contributed by atoms with Gasteiger partial charge in [0.1, 0.15) is 4.90 Å². The molecule has 1 atom stereocenters. The Kier molecular flexibility index (Phi) is 4.65. The Labute approximate surface area is 130 Å². The third kappa shape index (κ3) is 3.40. The standard InChI is InChI=1S/C12H17ClN2O4S2/c1-15(9-5-6-14-8-9)21(18,19)12-7-10(20(2,16)17)3-4-11(12)13/h3-4,7,9,14H,5-6,8H2,1-2H3/t9-/m1/s1. The molecule has 1 aliphatic heterocycles. The van der Waals surface area contributed by atoms with Crippen LogP contribution in [0.15, 0.2) is 28.0 Å². The largest absolute Gasteiger partial charge is 0.315 e. The molecule has 1 aliphatic rings. The second kappa shape index (κ2) is 5.85. The van der Waals surface area contributed by atoms with Gasteiger partial charge in [-0.2, -0.15) is 4.31 Å². The van der Waals surface area contributed by atoms with Crippen LogP contribution < -0.4 is 5.32 Å². The van der Waals surface area contributed by atoms with Gasteiger partial charge in [-0.1, -0.05) is 11.6 Å². The summed E-state index contributed by atoms with van der Waals surface area (Å²) in [5.74, 6) is 0. The van der Waals surface area contributed by atoms with E-state index < -0.39 is 19.9 Å². The molecule has 1 N–H and O–H groups in total. The highest BCUT2D eigenvalue weighted by atomic mass is 35.5. The van der Waals surface area contributed by atoms with Crippen LogP contribution in [0.25, 0.3) is 0 Å². The zero-order valence-electron chi connectivity index (χ0n) is 11.7. The van der Waals surface area contributed by atoms with Crippen molar-refractivity contribution in [3.8, 4) is 0 Å². The molecule has 1 aromatic rings. The molecule has 6 nitrogen and oxygen atoms in total. The minimum atomic E-state index is -3.84. The third-order valence-electron chi connectivity index (χ3n) is 3.54. The molecule has 0 aliphatic carbocycles. The first-order valence-electron chi connectivity index (χ1n) is 6.32. The first-order chi connectivity index (χ1) is 9.64. The van der Waals surface area contributed by atoms with Gasteiger partial charge in [0.2, 0.25) is 10.0 Å². The second-order valence-electron chi connectivity index (χ2n) is 5.03. The van der Waals surface area contributed by atoms with Crippen molar-refractivity contribution in [3.05, 3.63) is 23.2 Å². The van der Waals surface area contributed by atoms with E-state index in [-0.39, 0.29) is 20.9 Å². The number of nitrogens with one attached hydrogen (secondary N) is 1. The molecule has 21 heavy (non-hydrogen) atoms. The van der Waals surface area contributed by atoms with E-state index in [4.69, 9.17) is 11.6 Å². The molecule has 0 spiro atoms. The van der Waals surface area contributed by atoms with Gasteiger partial charge in [-0.15, -0.1) is 0 Å². The minimum Gasteiger partial charge on any atom is -0.315 e. The molecule has 1 heterocycles. The van der Waals surface area contributed by atoms with Crippen molar-refractivity contribution in [2.24, 2.45) is 0 Å². The van der Waals surface area contributed by atoms with Gasteiger partial charge in [0.05, 0.1) is 9.92 Å². The zero-order valence-corrected chi connectivity index (χ0v) is 14.1. The number of rotatable bonds is 4. The molecular weight excluding hydrogens is 336 g/mol. The quantitative estimate of drug-likeness (QED) is 0.863. The smallest absolute Gasteiger partial charge is 0.244 e. The highest BCUT2D eigenvalue weighted by Gasteiger charge is 2.32. The Morgan fingerprint density at radius 2 is 1.95 bits per heavy atom. The van der Waals surface area contributed by atoms with E-state index in [2.05, 4.69) is 5.32 Å². The van der Waals surface area contributed by atoms with Crippen LogP contribution in [0, 0.1) is 0 Å². The fourth-order valence-electron chi connectivity index (χ4n) is 2.21. The number of sulfonamides is 1. The summed E-state index contributed by atoms with van der Waals surface area (Å²) >= 11 is 5.97. The SMILES string of the molecule is CN([C@@H]1CCNC1)S(=O)(=O)c1cc(S(C)(=O)=O)ccc1Cl. The predicted molar refractivity (Wildman–Crippen MR) is 80.8 cm³/mol. The van der Waals surface area contributed by atoms with E-state index in [1.54, 1.807) is 0 Å². The average molecular weight is 353 g/mol. The van der Waals surface area contributed by atoms with Gasteiger partial charge < -0.3 is 5.32 Å². The molecule has 118 valence electrons. The summed E-state index contributed by atoms with van der Waals surface area (Å²) in [6, 6.07) is 3.55. The van der Waals surface area contributed by atoms with Crippen LogP contribution in [-0.2, 0) is 19.9 Å². The van der Waals surface area contributed by atoms with Crippen molar-refractivity contribution in [1.82, 2.24) is 9.62 Å². The first-order valence-corrected chi connectivity index (χ1v) is 10.0. The van der Waals surface area contributed by atoms with Gasteiger partial charge in [-0.05, 0) is 31.2 Å². The normalized spacial score (nSPS) is 20.1. The first kappa shape index (κ1) is 16.7. The molecule has 9 heteroatoms. The predicted octanol–water partition coefficient (Wildman–Crippen LogP) is 0.726. The van der Waals surface area contributed by atoms with E-state index >= 15 is 0 Å². The third-order valence-corrected chi connectivity index (χ3v) is 7.04. The second-order valence-corrected chi connectivity index (χ2v) is 9.42. The van der Waals surface area contributed by atoms with Gasteiger partial charge in [-0.25, -0.2) is 16.8 Å². The van der Waals surface area contributed by atoms with Crippen LogP contribution in [0.2, 0.25) is 5.02 Å². The average Bonchev–Trinajstić information content (AvgIpc) is 2.90. The van der Waals surface area contributed by atoms with Gasteiger partial charge in [-0.3, -0.25) is 0 Å². The number of halogens is 1. The molecule has 0 bridgehead atoms. The van der Waals surface area contributed by atoms with Crippen LogP contribution in [0.5, 0.6) is 0 Å². The maximum atomic E-state index is 12.6. The Morgan fingerprint density at radius 1 is 1.29 bits per heavy atom. The minimum absolute atomic E-state index is 0.0141. The van der Waals surface area contributed by atoms with E-state index in [1.165, 1.54) is 23.5 Å². The number of benzene rings is 1. The Hall–Kier alpha value is -0.670. The molecule has 0 radical (unpaired) electrons. The summed E-state index contributed by atoms with van der Waals surface area (Å²) in [6.07, 6.45) is 1.73. The molecule has 1 aromatic carbocycles. The van der Waals surface area contributed by atoms with Gasteiger partial charge in [0, 0.05) is 25.9 Å². The summed E-state index contributed by atoms with van der Waals surface area (Å²) in [5.41, 5.74) is 0. The van der Waals surface area contributed by atoms with Crippen molar-refractivity contribution in [2.45, 2.75) is 22.3 Å². The molecule has 0 saturated carbocycles. The van der Waals surface area contributed by atoms with Crippen LogP contribution >= 0.6 is 11.6 Å². The Morgan fingerprint density at radius 3 is 2.48 bits per heavy atom. The van der Waals surface area contributed by atoms with Crippen LogP contribution in [0.3, 0.4) is 0 Å². The molecular formula is C12H17ClN2O4S2. The number of sulfone groups is 1. The lowest BCUT2D eigenvalue weighted by Gasteiger charge is -2.23. The number of hydrogen-bond acceptors (Lipinski definition) is 5. The van der Waals surface area contributed by atoms with Crippen molar-refractivity contribution < 1.29 is 16.8 Å². The number of likely N-dealkylation sites (N-methyl/N-ethyl adjacent to an activating group) is 1. The Bertz CT molecular complexity index is 741. The molecule has 2 rings (SSSR count). The fourth-order valence-corrected chi connectivity index (χ4v) is 4.82. The molecule has 0 amide bonds. The summed E-state index contributed by atoms with van der Waals surface area (Å²) in [6.45, 7) is 1.32. The Balaban J connectivity index is 2.48. The molecule has 0 aromatic heterocycles. The van der Waals surface area contributed by atoms with Crippen LogP contribution in [-0.4, -0.2) is 53.6 Å². The molecule has 0 unspecified atom stereocenters. The number of nitrogens with zero attached hydrogens (tertiary/aromatic N) is 1. The highest BCUT2D eigenvalue weighted by Crippen LogP contribution is 2.28. The van der Waals surface area contributed by atoms with Gasteiger partial charge in [0.15, 0.2) is 9.84 Å². The van der Waals surface area contributed by atoms with Gasteiger partial charge in [0.25, 0.3) is 0 Å². The van der Waals surface area contributed by atoms with Crippen molar-refractivity contribution in [3.63, 3.8) is 0 Å². The maximum absolute atomic E-state index is 12.6. The lowest BCUT2D eigenvalue weighted by atomic mass is 10.3. The lowest BCUT2D eigenvalue weighted by Crippen LogP contribution is -2.38. The van der Waals surface area contributed by atoms with Gasteiger partial charge >= 0.3 is 0 Å². The maximum Gasteiger partial charge on any atom is 0.244 e. The van der Waals surface area contributed by atoms with E-state index in [0.29, 0.717) is 13.0 Å². The van der Waals surface area contributed by atoms with E-state index in [9.17, 15) is 16.8 Å². The summed E-state index contributed by atoms with van der Waals surface area (Å²) in [7, 11) is -5.86.